The van der Waals surface area contributed by atoms with Gasteiger partial charge in [-0.15, -0.1) is 0 Å². The molecule has 2 heterocycles. The standard InChI is InChI=1S/C11H16ClN3O/c1-2-10-14-9(12)6-11(15-10)13-7-8-4-3-5-16-8/h6,8H,2-5,7H2,1H3,(H,13,14,15). The van der Waals surface area contributed by atoms with Crippen LogP contribution in [0.4, 0.5) is 5.82 Å². The number of halogens is 1. The van der Waals surface area contributed by atoms with Gasteiger partial charge >= 0.3 is 0 Å². The zero-order valence-electron chi connectivity index (χ0n) is 9.37. The second kappa shape index (κ2) is 5.46. The molecule has 0 aromatic carbocycles. The van der Waals surface area contributed by atoms with E-state index in [1.807, 2.05) is 6.92 Å². The highest BCUT2D eigenvalue weighted by Crippen LogP contribution is 2.15. The summed E-state index contributed by atoms with van der Waals surface area (Å²) in [5.74, 6) is 1.55. The van der Waals surface area contributed by atoms with Crippen molar-refractivity contribution in [3.8, 4) is 0 Å². The minimum absolute atomic E-state index is 0.304. The number of ether oxygens (including phenoxy) is 1. The summed E-state index contributed by atoms with van der Waals surface area (Å²) in [6.07, 6.45) is 3.36. The number of hydrogen-bond acceptors (Lipinski definition) is 4. The zero-order chi connectivity index (χ0) is 11.4. The molecule has 0 bridgehead atoms. The Morgan fingerprint density at radius 1 is 1.56 bits per heavy atom. The van der Waals surface area contributed by atoms with Gasteiger partial charge in [0.1, 0.15) is 16.8 Å². The van der Waals surface area contributed by atoms with Gasteiger partial charge in [-0.25, -0.2) is 9.97 Å². The van der Waals surface area contributed by atoms with E-state index in [1.54, 1.807) is 6.07 Å². The number of anilines is 1. The highest BCUT2D eigenvalue weighted by molar-refractivity contribution is 6.29. The monoisotopic (exact) mass is 241 g/mol. The number of aromatic nitrogens is 2. The zero-order valence-corrected chi connectivity index (χ0v) is 10.1. The fraction of sp³-hybridized carbons (Fsp3) is 0.636. The van der Waals surface area contributed by atoms with E-state index in [0.29, 0.717) is 11.3 Å². The molecule has 1 N–H and O–H groups in total. The smallest absolute Gasteiger partial charge is 0.134 e. The normalized spacial score (nSPS) is 20.0. The van der Waals surface area contributed by atoms with Crippen molar-refractivity contribution in [2.45, 2.75) is 32.3 Å². The average Bonchev–Trinajstić information content (AvgIpc) is 2.78. The third kappa shape index (κ3) is 3.06. The molecule has 88 valence electrons. The third-order valence-corrected chi connectivity index (χ3v) is 2.79. The van der Waals surface area contributed by atoms with Crippen molar-refractivity contribution in [1.82, 2.24) is 9.97 Å². The molecule has 1 fully saturated rings. The number of rotatable bonds is 4. The summed E-state index contributed by atoms with van der Waals surface area (Å²) in [7, 11) is 0. The van der Waals surface area contributed by atoms with E-state index in [9.17, 15) is 0 Å². The van der Waals surface area contributed by atoms with Crippen molar-refractivity contribution in [3.05, 3.63) is 17.0 Å². The van der Waals surface area contributed by atoms with Gasteiger partial charge in [0.15, 0.2) is 0 Å². The van der Waals surface area contributed by atoms with E-state index in [2.05, 4.69) is 15.3 Å². The molecule has 0 amide bonds. The Morgan fingerprint density at radius 2 is 2.44 bits per heavy atom. The minimum Gasteiger partial charge on any atom is -0.376 e. The molecule has 0 saturated carbocycles. The van der Waals surface area contributed by atoms with Crippen LogP contribution >= 0.6 is 11.6 Å². The van der Waals surface area contributed by atoms with Gasteiger partial charge < -0.3 is 10.1 Å². The summed E-state index contributed by atoms with van der Waals surface area (Å²) < 4.78 is 5.52. The minimum atomic E-state index is 0.304. The van der Waals surface area contributed by atoms with Gasteiger partial charge in [-0.1, -0.05) is 18.5 Å². The molecule has 1 aliphatic heterocycles. The summed E-state index contributed by atoms with van der Waals surface area (Å²) in [6.45, 7) is 3.67. The van der Waals surface area contributed by atoms with Crippen LogP contribution in [0, 0.1) is 0 Å². The molecule has 4 nitrogen and oxygen atoms in total. The van der Waals surface area contributed by atoms with E-state index in [1.165, 1.54) is 0 Å². The highest BCUT2D eigenvalue weighted by Gasteiger charge is 2.15. The lowest BCUT2D eigenvalue weighted by Gasteiger charge is -2.11. The maximum atomic E-state index is 5.90. The van der Waals surface area contributed by atoms with Crippen molar-refractivity contribution >= 4 is 17.4 Å². The van der Waals surface area contributed by atoms with Gasteiger partial charge in [0.25, 0.3) is 0 Å². The van der Waals surface area contributed by atoms with Crippen LogP contribution < -0.4 is 5.32 Å². The molecule has 16 heavy (non-hydrogen) atoms. The molecule has 0 spiro atoms. The first-order valence-electron chi connectivity index (χ1n) is 5.67. The fourth-order valence-electron chi connectivity index (χ4n) is 1.74. The second-order valence-corrected chi connectivity index (χ2v) is 4.25. The van der Waals surface area contributed by atoms with E-state index in [-0.39, 0.29) is 0 Å². The Balaban J connectivity index is 1.94. The molecule has 0 aliphatic carbocycles. The van der Waals surface area contributed by atoms with E-state index in [4.69, 9.17) is 16.3 Å². The third-order valence-electron chi connectivity index (χ3n) is 2.59. The second-order valence-electron chi connectivity index (χ2n) is 3.86. The summed E-state index contributed by atoms with van der Waals surface area (Å²) in [5.41, 5.74) is 0. The van der Waals surface area contributed by atoms with Gasteiger partial charge in [0, 0.05) is 25.6 Å². The number of nitrogens with one attached hydrogen (secondary N) is 1. The Bertz CT molecular complexity index is 353. The first-order chi connectivity index (χ1) is 7.78. The predicted octanol–water partition coefficient (Wildman–Crippen LogP) is 2.28. The number of aryl methyl sites for hydroxylation is 1. The Kier molecular flexibility index (Phi) is 3.96. The molecular formula is C11H16ClN3O. The van der Waals surface area contributed by atoms with Crippen LogP contribution in [0.3, 0.4) is 0 Å². The molecule has 1 saturated heterocycles. The number of nitrogens with zero attached hydrogens (tertiary/aromatic N) is 2. The van der Waals surface area contributed by atoms with Crippen molar-refractivity contribution < 1.29 is 4.74 Å². The molecule has 1 aromatic heterocycles. The van der Waals surface area contributed by atoms with Crippen LogP contribution in [0.25, 0.3) is 0 Å². The molecule has 1 atom stereocenters. The Morgan fingerprint density at radius 3 is 3.12 bits per heavy atom. The fourth-order valence-corrected chi connectivity index (χ4v) is 1.94. The van der Waals surface area contributed by atoms with E-state index >= 15 is 0 Å². The van der Waals surface area contributed by atoms with Crippen LogP contribution in [0.15, 0.2) is 6.07 Å². The van der Waals surface area contributed by atoms with Gasteiger partial charge in [-0.2, -0.15) is 0 Å². The van der Waals surface area contributed by atoms with E-state index in [0.717, 1.165) is 44.1 Å². The van der Waals surface area contributed by atoms with Crippen LogP contribution in [0.5, 0.6) is 0 Å². The van der Waals surface area contributed by atoms with Crippen LogP contribution in [0.1, 0.15) is 25.6 Å². The summed E-state index contributed by atoms with van der Waals surface area (Å²) in [4.78, 5) is 8.47. The van der Waals surface area contributed by atoms with Gasteiger partial charge in [0.2, 0.25) is 0 Å². The van der Waals surface area contributed by atoms with Gasteiger partial charge in [0.05, 0.1) is 6.10 Å². The highest BCUT2D eigenvalue weighted by atomic mass is 35.5. The molecular weight excluding hydrogens is 226 g/mol. The van der Waals surface area contributed by atoms with Crippen molar-refractivity contribution in [3.63, 3.8) is 0 Å². The van der Waals surface area contributed by atoms with Crippen LogP contribution in [-0.2, 0) is 11.2 Å². The molecule has 5 heteroatoms. The molecule has 1 aliphatic rings. The molecule has 2 rings (SSSR count). The summed E-state index contributed by atoms with van der Waals surface area (Å²) >= 11 is 5.90. The lowest BCUT2D eigenvalue weighted by atomic mass is 10.2. The Hall–Kier alpha value is -0.870. The lowest BCUT2D eigenvalue weighted by Crippen LogP contribution is -2.19. The van der Waals surface area contributed by atoms with Crippen molar-refractivity contribution in [1.29, 1.82) is 0 Å². The van der Waals surface area contributed by atoms with Crippen LogP contribution in [0.2, 0.25) is 5.15 Å². The largest absolute Gasteiger partial charge is 0.376 e. The van der Waals surface area contributed by atoms with Gasteiger partial charge in [-0.3, -0.25) is 0 Å². The predicted molar refractivity (Wildman–Crippen MR) is 63.9 cm³/mol. The maximum Gasteiger partial charge on any atom is 0.134 e. The number of hydrogen-bond donors (Lipinski definition) is 1. The molecule has 1 unspecified atom stereocenters. The van der Waals surface area contributed by atoms with Crippen molar-refractivity contribution in [2.75, 3.05) is 18.5 Å². The first-order valence-corrected chi connectivity index (χ1v) is 6.04. The lowest BCUT2D eigenvalue weighted by molar-refractivity contribution is 0.120. The maximum absolute atomic E-state index is 5.90. The molecule has 0 radical (unpaired) electrons. The van der Waals surface area contributed by atoms with Crippen LogP contribution in [-0.4, -0.2) is 29.2 Å². The topological polar surface area (TPSA) is 47.0 Å². The SMILES string of the molecule is CCc1nc(Cl)cc(NCC2CCCO2)n1. The summed E-state index contributed by atoms with van der Waals surface area (Å²) in [5, 5.41) is 3.73. The first kappa shape index (κ1) is 11.6. The molecule has 1 aromatic rings. The summed E-state index contributed by atoms with van der Waals surface area (Å²) in [6, 6.07) is 1.75. The average molecular weight is 242 g/mol. The quantitative estimate of drug-likeness (QED) is 0.822. The van der Waals surface area contributed by atoms with Gasteiger partial charge in [-0.05, 0) is 12.8 Å². The Labute approximate surface area is 100 Å². The van der Waals surface area contributed by atoms with E-state index < -0.39 is 0 Å². The van der Waals surface area contributed by atoms with Crippen molar-refractivity contribution in [2.24, 2.45) is 0 Å².